The third-order valence-corrected chi connectivity index (χ3v) is 3.73. The van der Waals surface area contributed by atoms with Gasteiger partial charge in [0.1, 0.15) is 0 Å². The van der Waals surface area contributed by atoms with E-state index < -0.39 is 6.10 Å². The highest BCUT2D eigenvalue weighted by Gasteiger charge is 2.27. The summed E-state index contributed by atoms with van der Waals surface area (Å²) >= 11 is 1.78. The molecule has 3 N–H and O–H groups in total. The third kappa shape index (κ3) is 10.0. The molecule has 0 spiro atoms. The number of hydrogen-bond donors (Lipinski definition) is 2. The number of carbonyl (C=O) groups is 2. The first-order valence-corrected chi connectivity index (χ1v) is 8.99. The Morgan fingerprint density at radius 1 is 1.27 bits per heavy atom. The SMILES string of the molecule is CCOC(=O)CCNC(=O)C(OC(C)C)C(N)CCSCC. The van der Waals surface area contributed by atoms with Gasteiger partial charge in [0.25, 0.3) is 5.91 Å². The van der Waals surface area contributed by atoms with Crippen molar-refractivity contribution in [1.29, 1.82) is 0 Å². The number of ether oxygens (including phenoxy) is 2. The van der Waals surface area contributed by atoms with Crippen LogP contribution < -0.4 is 11.1 Å². The number of carbonyl (C=O) groups excluding carboxylic acids is 2. The summed E-state index contributed by atoms with van der Waals surface area (Å²) in [7, 11) is 0. The topological polar surface area (TPSA) is 90.6 Å². The van der Waals surface area contributed by atoms with Gasteiger partial charge < -0.3 is 20.5 Å². The Balaban J connectivity index is 4.34. The Morgan fingerprint density at radius 3 is 2.50 bits per heavy atom. The van der Waals surface area contributed by atoms with Gasteiger partial charge in [0, 0.05) is 12.6 Å². The maximum absolute atomic E-state index is 12.2. The average molecular weight is 334 g/mol. The first kappa shape index (κ1) is 21.2. The van der Waals surface area contributed by atoms with Crippen LogP contribution in [0.4, 0.5) is 0 Å². The van der Waals surface area contributed by atoms with Crippen LogP contribution in [0.1, 0.15) is 40.5 Å². The van der Waals surface area contributed by atoms with E-state index in [4.69, 9.17) is 15.2 Å². The van der Waals surface area contributed by atoms with Crippen molar-refractivity contribution in [3.05, 3.63) is 0 Å². The molecule has 2 unspecified atom stereocenters. The zero-order valence-electron chi connectivity index (χ0n) is 14.1. The Bertz CT molecular complexity index is 327. The van der Waals surface area contributed by atoms with Gasteiger partial charge in [0.15, 0.2) is 6.10 Å². The number of rotatable bonds is 12. The third-order valence-electron chi connectivity index (χ3n) is 2.80. The van der Waals surface area contributed by atoms with Crippen molar-refractivity contribution in [1.82, 2.24) is 5.32 Å². The molecule has 0 rings (SSSR count). The van der Waals surface area contributed by atoms with Crippen molar-refractivity contribution in [3.8, 4) is 0 Å². The first-order valence-electron chi connectivity index (χ1n) is 7.84. The fourth-order valence-corrected chi connectivity index (χ4v) is 2.51. The van der Waals surface area contributed by atoms with Crippen LogP contribution in [0.5, 0.6) is 0 Å². The van der Waals surface area contributed by atoms with Crippen LogP contribution in [0, 0.1) is 0 Å². The fourth-order valence-electron chi connectivity index (χ4n) is 1.79. The molecule has 7 heteroatoms. The van der Waals surface area contributed by atoms with Crippen molar-refractivity contribution in [3.63, 3.8) is 0 Å². The molecule has 2 atom stereocenters. The van der Waals surface area contributed by atoms with Crippen LogP contribution in [-0.4, -0.2) is 54.8 Å². The van der Waals surface area contributed by atoms with Crippen molar-refractivity contribution in [2.75, 3.05) is 24.7 Å². The van der Waals surface area contributed by atoms with Gasteiger partial charge >= 0.3 is 5.97 Å². The lowest BCUT2D eigenvalue weighted by Gasteiger charge is -2.25. The number of nitrogens with two attached hydrogens (primary N) is 1. The Kier molecular flexibility index (Phi) is 12.3. The molecule has 0 aliphatic heterocycles. The number of hydrogen-bond acceptors (Lipinski definition) is 6. The second-order valence-electron chi connectivity index (χ2n) is 5.10. The van der Waals surface area contributed by atoms with Crippen LogP contribution in [0.3, 0.4) is 0 Å². The summed E-state index contributed by atoms with van der Waals surface area (Å²) in [5.74, 6) is 1.32. The smallest absolute Gasteiger partial charge is 0.307 e. The second-order valence-corrected chi connectivity index (χ2v) is 6.49. The van der Waals surface area contributed by atoms with E-state index in [1.807, 2.05) is 13.8 Å². The Morgan fingerprint density at radius 2 is 1.95 bits per heavy atom. The van der Waals surface area contributed by atoms with E-state index in [0.29, 0.717) is 13.0 Å². The molecule has 0 saturated heterocycles. The highest BCUT2D eigenvalue weighted by atomic mass is 32.2. The molecule has 0 fully saturated rings. The van der Waals surface area contributed by atoms with Crippen LogP contribution in [0.2, 0.25) is 0 Å². The highest BCUT2D eigenvalue weighted by molar-refractivity contribution is 7.99. The van der Waals surface area contributed by atoms with Gasteiger partial charge in [-0.25, -0.2) is 0 Å². The number of esters is 1. The van der Waals surface area contributed by atoms with Gasteiger partial charge in [-0.15, -0.1) is 0 Å². The first-order chi connectivity index (χ1) is 10.4. The molecule has 0 aromatic carbocycles. The molecule has 0 heterocycles. The van der Waals surface area contributed by atoms with Crippen molar-refractivity contribution < 1.29 is 19.1 Å². The zero-order chi connectivity index (χ0) is 17.0. The lowest BCUT2D eigenvalue weighted by molar-refractivity contribution is -0.143. The monoisotopic (exact) mass is 334 g/mol. The van der Waals surface area contributed by atoms with E-state index in [1.165, 1.54) is 0 Å². The zero-order valence-corrected chi connectivity index (χ0v) is 14.9. The molecule has 0 aromatic rings. The van der Waals surface area contributed by atoms with Gasteiger partial charge in [0.05, 0.1) is 19.1 Å². The fraction of sp³-hybridized carbons (Fsp3) is 0.867. The van der Waals surface area contributed by atoms with E-state index in [2.05, 4.69) is 12.2 Å². The maximum atomic E-state index is 12.2. The normalized spacial score (nSPS) is 13.7. The molecule has 0 aliphatic rings. The molecule has 0 bridgehead atoms. The van der Waals surface area contributed by atoms with Crippen molar-refractivity contribution in [2.24, 2.45) is 5.73 Å². The van der Waals surface area contributed by atoms with Gasteiger partial charge in [-0.2, -0.15) is 11.8 Å². The summed E-state index contributed by atoms with van der Waals surface area (Å²) in [5, 5.41) is 2.70. The minimum absolute atomic E-state index is 0.0920. The molecule has 22 heavy (non-hydrogen) atoms. The minimum Gasteiger partial charge on any atom is -0.466 e. The lowest BCUT2D eigenvalue weighted by atomic mass is 10.1. The predicted molar refractivity (Wildman–Crippen MR) is 89.9 cm³/mol. The van der Waals surface area contributed by atoms with Crippen LogP contribution in [0.25, 0.3) is 0 Å². The number of amides is 1. The summed E-state index contributed by atoms with van der Waals surface area (Å²) in [6, 6.07) is -0.357. The average Bonchev–Trinajstić information content (AvgIpc) is 2.44. The van der Waals surface area contributed by atoms with Crippen molar-refractivity contribution >= 4 is 23.6 Å². The maximum Gasteiger partial charge on any atom is 0.307 e. The second kappa shape index (κ2) is 12.7. The van der Waals surface area contributed by atoms with E-state index in [1.54, 1.807) is 18.7 Å². The summed E-state index contributed by atoms with van der Waals surface area (Å²) in [4.78, 5) is 23.5. The molecule has 0 aliphatic carbocycles. The summed E-state index contributed by atoms with van der Waals surface area (Å²) in [5.41, 5.74) is 6.10. The Labute approximate surface area is 137 Å². The molecule has 0 saturated carbocycles. The summed E-state index contributed by atoms with van der Waals surface area (Å²) < 4.78 is 10.5. The van der Waals surface area contributed by atoms with E-state index in [-0.39, 0.29) is 37.0 Å². The summed E-state index contributed by atoms with van der Waals surface area (Å²) in [6.45, 7) is 8.13. The molecule has 0 radical (unpaired) electrons. The van der Waals surface area contributed by atoms with Crippen LogP contribution in [-0.2, 0) is 19.1 Å². The quantitative estimate of drug-likeness (QED) is 0.413. The minimum atomic E-state index is -0.695. The molecule has 1 amide bonds. The van der Waals surface area contributed by atoms with Gasteiger partial charge in [-0.3, -0.25) is 9.59 Å². The van der Waals surface area contributed by atoms with Gasteiger partial charge in [0.2, 0.25) is 0 Å². The lowest BCUT2D eigenvalue weighted by Crippen LogP contribution is -2.49. The van der Waals surface area contributed by atoms with Crippen LogP contribution in [0.15, 0.2) is 0 Å². The number of nitrogens with one attached hydrogen (secondary N) is 1. The van der Waals surface area contributed by atoms with E-state index in [9.17, 15) is 9.59 Å². The van der Waals surface area contributed by atoms with Crippen LogP contribution >= 0.6 is 11.8 Å². The van der Waals surface area contributed by atoms with E-state index in [0.717, 1.165) is 11.5 Å². The highest BCUT2D eigenvalue weighted by Crippen LogP contribution is 2.10. The molecule has 130 valence electrons. The molecule has 0 aromatic heterocycles. The largest absolute Gasteiger partial charge is 0.466 e. The Hall–Kier alpha value is -0.790. The molecular formula is C15H30N2O4S. The molecule has 6 nitrogen and oxygen atoms in total. The standard InChI is InChI=1S/C15H30N2O4S/c1-5-20-13(18)7-9-17-15(19)14(21-11(3)4)12(16)8-10-22-6-2/h11-12,14H,5-10,16H2,1-4H3,(H,17,19). The van der Waals surface area contributed by atoms with Gasteiger partial charge in [-0.05, 0) is 38.7 Å². The molecular weight excluding hydrogens is 304 g/mol. The van der Waals surface area contributed by atoms with E-state index >= 15 is 0 Å². The number of thioether (sulfide) groups is 1. The predicted octanol–water partition coefficient (Wildman–Crippen LogP) is 1.32. The summed E-state index contributed by atoms with van der Waals surface area (Å²) in [6.07, 6.45) is 0.0705. The van der Waals surface area contributed by atoms with Crippen molar-refractivity contribution in [2.45, 2.75) is 58.8 Å². The van der Waals surface area contributed by atoms with Gasteiger partial charge in [-0.1, -0.05) is 6.92 Å².